The number of nitrogens with one attached hydrogen (secondary N) is 1. The van der Waals surface area contributed by atoms with Crippen LogP contribution >= 0.6 is 0 Å². The zero-order valence-electron chi connectivity index (χ0n) is 14.2. The van der Waals surface area contributed by atoms with Crippen LogP contribution in [0.25, 0.3) is 5.69 Å². The first-order valence-electron chi connectivity index (χ1n) is 7.94. The third kappa shape index (κ3) is 3.42. The molecule has 0 bridgehead atoms. The van der Waals surface area contributed by atoms with E-state index in [0.717, 1.165) is 0 Å². The van der Waals surface area contributed by atoms with Gasteiger partial charge in [-0.15, -0.1) is 0 Å². The van der Waals surface area contributed by atoms with E-state index in [-0.39, 0.29) is 11.3 Å². The van der Waals surface area contributed by atoms with Gasteiger partial charge in [-0.25, -0.2) is 13.5 Å². The van der Waals surface area contributed by atoms with Gasteiger partial charge in [-0.2, -0.15) is 5.10 Å². The number of hydrogen-bond donors (Lipinski definition) is 1. The minimum absolute atomic E-state index is 0.00215. The Morgan fingerprint density at radius 1 is 1.19 bits per heavy atom. The smallest absolute Gasteiger partial charge is 0.254 e. The molecular weight excluding hydrogens is 340 g/mol. The third-order valence-electron chi connectivity index (χ3n) is 3.98. The molecule has 0 fully saturated rings. The molecule has 0 spiro atoms. The fourth-order valence-corrected chi connectivity index (χ4v) is 2.53. The topological polar surface area (TPSA) is 56.1 Å². The molecule has 1 amide bonds. The van der Waals surface area contributed by atoms with Crippen LogP contribution < -0.4 is 10.1 Å². The molecule has 26 heavy (non-hydrogen) atoms. The molecule has 0 saturated heterocycles. The second-order valence-electron chi connectivity index (χ2n) is 5.69. The van der Waals surface area contributed by atoms with Crippen molar-refractivity contribution in [3.63, 3.8) is 0 Å². The number of ether oxygens (including phenoxy) is 1. The molecule has 5 nitrogen and oxygen atoms in total. The summed E-state index contributed by atoms with van der Waals surface area (Å²) in [6, 6.07) is 10.1. The summed E-state index contributed by atoms with van der Waals surface area (Å²) in [5.41, 5.74) is 0.846. The molecule has 0 aliphatic heterocycles. The maximum atomic E-state index is 14.2. The molecule has 0 saturated carbocycles. The summed E-state index contributed by atoms with van der Waals surface area (Å²) in [6.07, 6.45) is 3.14. The molecule has 2 aromatic carbocycles. The van der Waals surface area contributed by atoms with Crippen molar-refractivity contribution in [3.8, 4) is 11.4 Å². The highest BCUT2D eigenvalue weighted by Crippen LogP contribution is 2.21. The van der Waals surface area contributed by atoms with E-state index < -0.39 is 23.6 Å². The largest absolute Gasteiger partial charge is 0.494 e. The molecule has 1 aromatic heterocycles. The van der Waals surface area contributed by atoms with E-state index in [2.05, 4.69) is 10.4 Å². The second-order valence-corrected chi connectivity index (χ2v) is 5.69. The number of carbonyl (C=O) groups is 1. The Kier molecular flexibility index (Phi) is 4.97. The number of halogens is 2. The Balaban J connectivity index is 1.78. The maximum absolute atomic E-state index is 14.2. The van der Waals surface area contributed by atoms with Gasteiger partial charge < -0.3 is 10.1 Å². The van der Waals surface area contributed by atoms with E-state index in [1.165, 1.54) is 42.3 Å². The summed E-state index contributed by atoms with van der Waals surface area (Å²) in [5.74, 6) is -1.70. The van der Waals surface area contributed by atoms with Crippen LogP contribution in [-0.2, 0) is 0 Å². The number of hydrogen-bond acceptors (Lipinski definition) is 3. The van der Waals surface area contributed by atoms with E-state index in [9.17, 15) is 13.6 Å². The van der Waals surface area contributed by atoms with Gasteiger partial charge in [0.1, 0.15) is 11.5 Å². The van der Waals surface area contributed by atoms with Crippen LogP contribution in [0, 0.1) is 11.6 Å². The van der Waals surface area contributed by atoms with Crippen molar-refractivity contribution >= 4 is 5.91 Å². The van der Waals surface area contributed by atoms with E-state index in [4.69, 9.17) is 4.74 Å². The van der Waals surface area contributed by atoms with Crippen LogP contribution in [0.5, 0.6) is 5.75 Å². The molecule has 0 radical (unpaired) electrons. The summed E-state index contributed by atoms with van der Waals surface area (Å²) >= 11 is 0. The van der Waals surface area contributed by atoms with E-state index in [1.807, 2.05) is 0 Å². The highest BCUT2D eigenvalue weighted by Gasteiger charge is 2.19. The van der Waals surface area contributed by atoms with Gasteiger partial charge in [0.05, 0.1) is 24.9 Å². The Hall–Kier alpha value is -3.22. The minimum Gasteiger partial charge on any atom is -0.494 e. The lowest BCUT2D eigenvalue weighted by molar-refractivity contribution is 0.0935. The second kappa shape index (κ2) is 7.35. The maximum Gasteiger partial charge on any atom is 0.254 e. The Morgan fingerprint density at radius 2 is 1.96 bits per heavy atom. The van der Waals surface area contributed by atoms with Gasteiger partial charge in [0.2, 0.25) is 0 Å². The Bertz CT molecular complexity index is 940. The van der Waals surface area contributed by atoms with Gasteiger partial charge >= 0.3 is 0 Å². The summed E-state index contributed by atoms with van der Waals surface area (Å²) in [5, 5.41) is 6.83. The van der Waals surface area contributed by atoms with Crippen LogP contribution in [0.4, 0.5) is 8.78 Å². The zero-order valence-corrected chi connectivity index (χ0v) is 14.2. The number of para-hydroxylation sites is 1. The number of aromatic nitrogens is 2. The highest BCUT2D eigenvalue weighted by molar-refractivity contribution is 5.95. The van der Waals surface area contributed by atoms with E-state index in [1.54, 1.807) is 31.3 Å². The van der Waals surface area contributed by atoms with Crippen LogP contribution in [0.15, 0.2) is 54.9 Å². The number of nitrogens with zero attached hydrogens (tertiary/aromatic N) is 2. The summed E-state index contributed by atoms with van der Waals surface area (Å²) in [7, 11) is 1.33. The standard InChI is InChI=1S/C19H17F2N3O2/c1-12(23-19(25)14-6-5-9-17(26-2)18(14)21)13-10-22-24(11-13)16-8-4-3-7-15(16)20/h3-12H,1-2H3,(H,23,25)/t12-/m1/s1. The van der Waals surface area contributed by atoms with Crippen molar-refractivity contribution in [1.29, 1.82) is 0 Å². The quantitative estimate of drug-likeness (QED) is 0.758. The number of benzene rings is 2. The van der Waals surface area contributed by atoms with Crippen molar-refractivity contribution in [2.75, 3.05) is 7.11 Å². The van der Waals surface area contributed by atoms with Gasteiger partial charge in [-0.1, -0.05) is 18.2 Å². The van der Waals surface area contributed by atoms with Crippen LogP contribution in [-0.4, -0.2) is 22.8 Å². The van der Waals surface area contributed by atoms with Gasteiger partial charge in [-0.3, -0.25) is 4.79 Å². The number of methoxy groups -OCH3 is 1. The van der Waals surface area contributed by atoms with Gasteiger partial charge in [-0.05, 0) is 31.2 Å². The molecular formula is C19H17F2N3O2. The summed E-state index contributed by atoms with van der Waals surface area (Å²) in [4.78, 5) is 12.4. The fourth-order valence-electron chi connectivity index (χ4n) is 2.53. The van der Waals surface area contributed by atoms with E-state index in [0.29, 0.717) is 11.3 Å². The number of amides is 1. The van der Waals surface area contributed by atoms with Crippen LogP contribution in [0.1, 0.15) is 28.9 Å². The molecule has 0 aliphatic rings. The molecule has 1 heterocycles. The lowest BCUT2D eigenvalue weighted by atomic mass is 10.1. The lowest BCUT2D eigenvalue weighted by Gasteiger charge is -2.13. The van der Waals surface area contributed by atoms with Gasteiger partial charge in [0.25, 0.3) is 5.91 Å². The van der Waals surface area contributed by atoms with E-state index >= 15 is 0 Å². The Morgan fingerprint density at radius 3 is 2.69 bits per heavy atom. The molecule has 3 rings (SSSR count). The van der Waals surface area contributed by atoms with Gasteiger partial charge in [0.15, 0.2) is 11.6 Å². The molecule has 1 atom stereocenters. The van der Waals surface area contributed by atoms with Gasteiger partial charge in [0, 0.05) is 11.8 Å². The van der Waals surface area contributed by atoms with Crippen LogP contribution in [0.2, 0.25) is 0 Å². The lowest BCUT2D eigenvalue weighted by Crippen LogP contribution is -2.27. The van der Waals surface area contributed by atoms with Crippen LogP contribution in [0.3, 0.4) is 0 Å². The molecule has 3 aromatic rings. The van der Waals surface area contributed by atoms with Crippen molar-refractivity contribution in [3.05, 3.63) is 77.6 Å². The molecule has 0 aliphatic carbocycles. The SMILES string of the molecule is COc1cccc(C(=O)N[C@H](C)c2cnn(-c3ccccc3F)c2)c1F. The first kappa shape index (κ1) is 17.6. The average molecular weight is 357 g/mol. The molecule has 134 valence electrons. The van der Waals surface area contributed by atoms with Crippen molar-refractivity contribution < 1.29 is 18.3 Å². The number of rotatable bonds is 5. The number of carbonyl (C=O) groups excluding carboxylic acids is 1. The fraction of sp³-hybridized carbons (Fsp3) is 0.158. The average Bonchev–Trinajstić information content (AvgIpc) is 3.12. The molecule has 7 heteroatoms. The highest BCUT2D eigenvalue weighted by atomic mass is 19.1. The zero-order chi connectivity index (χ0) is 18.7. The predicted octanol–water partition coefficient (Wildman–Crippen LogP) is 3.65. The summed E-state index contributed by atoms with van der Waals surface area (Å²) in [6.45, 7) is 1.73. The van der Waals surface area contributed by atoms with Crippen molar-refractivity contribution in [1.82, 2.24) is 15.1 Å². The molecule has 1 N–H and O–H groups in total. The normalized spacial score (nSPS) is 11.8. The Labute approximate surface area is 149 Å². The predicted molar refractivity (Wildman–Crippen MR) is 92.4 cm³/mol. The minimum atomic E-state index is -0.721. The monoisotopic (exact) mass is 357 g/mol. The van der Waals surface area contributed by atoms with Crippen molar-refractivity contribution in [2.45, 2.75) is 13.0 Å². The first-order chi connectivity index (χ1) is 12.5. The van der Waals surface area contributed by atoms with Crippen molar-refractivity contribution in [2.24, 2.45) is 0 Å². The summed E-state index contributed by atoms with van der Waals surface area (Å²) < 4.78 is 34.3. The molecule has 0 unspecified atom stereocenters. The first-order valence-corrected chi connectivity index (χ1v) is 7.94. The third-order valence-corrected chi connectivity index (χ3v) is 3.98.